The molecule has 0 aliphatic heterocycles. The standard InChI is InChI=1S/C8H5BrF3N3/c9-6-5-3-4(8(10,11)12)1-2-15(5)14-7(6)13/h1-3H,(H2,13,14). The molecule has 0 aromatic carbocycles. The molecular weight excluding hydrogens is 275 g/mol. The number of nitrogen functional groups attached to an aromatic ring is 1. The van der Waals surface area contributed by atoms with Crippen LogP contribution >= 0.6 is 15.9 Å². The van der Waals surface area contributed by atoms with Crippen molar-refractivity contribution in [2.75, 3.05) is 5.73 Å². The van der Waals surface area contributed by atoms with E-state index in [1.165, 1.54) is 10.7 Å². The van der Waals surface area contributed by atoms with Gasteiger partial charge >= 0.3 is 6.18 Å². The number of alkyl halides is 3. The fraction of sp³-hybridized carbons (Fsp3) is 0.125. The van der Waals surface area contributed by atoms with Crippen molar-refractivity contribution in [2.45, 2.75) is 6.18 Å². The van der Waals surface area contributed by atoms with Crippen LogP contribution < -0.4 is 5.73 Å². The molecule has 2 aromatic rings. The summed E-state index contributed by atoms with van der Waals surface area (Å²) in [6.45, 7) is 0. The Labute approximate surface area is 90.8 Å². The molecule has 7 heteroatoms. The number of pyridine rings is 1. The maximum absolute atomic E-state index is 12.4. The largest absolute Gasteiger partial charge is 0.416 e. The van der Waals surface area contributed by atoms with Crippen LogP contribution in [0.2, 0.25) is 0 Å². The topological polar surface area (TPSA) is 43.3 Å². The number of hydrogen-bond acceptors (Lipinski definition) is 2. The lowest BCUT2D eigenvalue weighted by Gasteiger charge is -2.06. The zero-order valence-electron chi connectivity index (χ0n) is 7.22. The van der Waals surface area contributed by atoms with Crippen molar-refractivity contribution in [3.63, 3.8) is 0 Å². The summed E-state index contributed by atoms with van der Waals surface area (Å²) < 4.78 is 38.8. The van der Waals surface area contributed by atoms with Crippen molar-refractivity contribution in [1.29, 1.82) is 0 Å². The van der Waals surface area contributed by atoms with Gasteiger partial charge < -0.3 is 5.73 Å². The van der Waals surface area contributed by atoms with Crippen LogP contribution in [0.5, 0.6) is 0 Å². The Morgan fingerprint density at radius 2 is 2.07 bits per heavy atom. The molecule has 0 fully saturated rings. The molecule has 0 aliphatic rings. The minimum Gasteiger partial charge on any atom is -0.381 e. The number of rotatable bonds is 0. The molecule has 80 valence electrons. The molecule has 2 N–H and O–H groups in total. The summed E-state index contributed by atoms with van der Waals surface area (Å²) in [7, 11) is 0. The van der Waals surface area contributed by atoms with Gasteiger partial charge in [-0.15, -0.1) is 5.10 Å². The van der Waals surface area contributed by atoms with E-state index in [2.05, 4.69) is 21.0 Å². The Bertz CT molecular complexity index is 518. The summed E-state index contributed by atoms with van der Waals surface area (Å²) in [5.41, 5.74) is 5.02. The number of halogens is 4. The minimum absolute atomic E-state index is 0.161. The van der Waals surface area contributed by atoms with E-state index in [4.69, 9.17) is 5.73 Å². The fourth-order valence-electron chi connectivity index (χ4n) is 1.21. The predicted octanol–water partition coefficient (Wildman–Crippen LogP) is 2.70. The van der Waals surface area contributed by atoms with E-state index in [0.717, 1.165) is 12.1 Å². The third-order valence-electron chi connectivity index (χ3n) is 1.93. The van der Waals surface area contributed by atoms with E-state index < -0.39 is 11.7 Å². The van der Waals surface area contributed by atoms with Crippen LogP contribution in [-0.2, 0) is 6.18 Å². The van der Waals surface area contributed by atoms with Gasteiger partial charge in [0.1, 0.15) is 0 Å². The first-order valence-corrected chi connectivity index (χ1v) is 4.69. The monoisotopic (exact) mass is 279 g/mol. The highest BCUT2D eigenvalue weighted by Gasteiger charge is 2.31. The second-order valence-electron chi connectivity index (χ2n) is 2.94. The minimum atomic E-state index is -4.36. The molecule has 0 atom stereocenters. The number of hydrogen-bond donors (Lipinski definition) is 1. The van der Waals surface area contributed by atoms with Crippen LogP contribution in [0.15, 0.2) is 22.8 Å². The summed E-state index contributed by atoms with van der Waals surface area (Å²) in [5, 5.41) is 3.82. The highest BCUT2D eigenvalue weighted by molar-refractivity contribution is 9.10. The number of aromatic nitrogens is 2. The number of nitrogens with two attached hydrogens (primary N) is 1. The average molecular weight is 280 g/mol. The molecule has 2 rings (SSSR count). The van der Waals surface area contributed by atoms with Gasteiger partial charge in [0, 0.05) is 6.20 Å². The van der Waals surface area contributed by atoms with Gasteiger partial charge in [0.15, 0.2) is 5.82 Å². The van der Waals surface area contributed by atoms with E-state index in [0.29, 0.717) is 9.99 Å². The molecule has 0 aliphatic carbocycles. The molecular formula is C8H5BrF3N3. The third kappa shape index (κ3) is 1.67. The molecule has 2 heterocycles. The highest BCUT2D eigenvalue weighted by Crippen LogP contribution is 2.32. The first-order valence-electron chi connectivity index (χ1n) is 3.90. The second kappa shape index (κ2) is 3.13. The Hall–Kier alpha value is -1.24. The molecule has 3 nitrogen and oxygen atoms in total. The molecule has 0 saturated carbocycles. The van der Waals surface area contributed by atoms with Crippen molar-refractivity contribution in [3.8, 4) is 0 Å². The van der Waals surface area contributed by atoms with Crippen molar-refractivity contribution in [3.05, 3.63) is 28.4 Å². The lowest BCUT2D eigenvalue weighted by atomic mass is 10.2. The van der Waals surface area contributed by atoms with Gasteiger partial charge in [-0.1, -0.05) is 0 Å². The fourth-order valence-corrected chi connectivity index (χ4v) is 1.59. The van der Waals surface area contributed by atoms with Crippen LogP contribution in [0.25, 0.3) is 5.52 Å². The summed E-state index contributed by atoms with van der Waals surface area (Å²) >= 11 is 3.08. The lowest BCUT2D eigenvalue weighted by molar-refractivity contribution is -0.137. The van der Waals surface area contributed by atoms with E-state index in [1.54, 1.807) is 0 Å². The van der Waals surface area contributed by atoms with Gasteiger partial charge in [0.2, 0.25) is 0 Å². The van der Waals surface area contributed by atoms with E-state index in [-0.39, 0.29) is 5.82 Å². The molecule has 0 amide bonds. The summed E-state index contributed by atoms with van der Waals surface area (Å²) in [6.07, 6.45) is -3.14. The first-order chi connectivity index (χ1) is 6.89. The SMILES string of the molecule is Nc1nn2ccc(C(F)(F)F)cc2c1Br. The average Bonchev–Trinajstić information content (AvgIpc) is 2.41. The van der Waals surface area contributed by atoms with Gasteiger partial charge in [-0.3, -0.25) is 0 Å². The molecule has 0 bridgehead atoms. The second-order valence-corrected chi connectivity index (χ2v) is 3.74. The Morgan fingerprint density at radius 3 is 2.67 bits per heavy atom. The molecule has 0 radical (unpaired) electrons. The smallest absolute Gasteiger partial charge is 0.381 e. The van der Waals surface area contributed by atoms with Gasteiger partial charge in [-0.05, 0) is 28.1 Å². The molecule has 2 aromatic heterocycles. The quantitative estimate of drug-likeness (QED) is 0.806. The zero-order chi connectivity index (χ0) is 11.2. The first kappa shape index (κ1) is 10.3. The lowest BCUT2D eigenvalue weighted by Crippen LogP contribution is -2.05. The number of fused-ring (bicyclic) bond motifs is 1. The van der Waals surface area contributed by atoms with Gasteiger partial charge in [0.25, 0.3) is 0 Å². The number of anilines is 1. The Morgan fingerprint density at radius 1 is 1.40 bits per heavy atom. The Balaban J connectivity index is 2.70. The van der Waals surface area contributed by atoms with E-state index in [9.17, 15) is 13.2 Å². The van der Waals surface area contributed by atoms with Gasteiger partial charge in [0.05, 0.1) is 15.6 Å². The third-order valence-corrected chi connectivity index (χ3v) is 2.74. The van der Waals surface area contributed by atoms with Crippen LogP contribution in [0.1, 0.15) is 5.56 Å². The highest BCUT2D eigenvalue weighted by atomic mass is 79.9. The van der Waals surface area contributed by atoms with Gasteiger partial charge in [-0.2, -0.15) is 13.2 Å². The summed E-state index contributed by atoms with van der Waals surface area (Å²) in [5.74, 6) is 0.161. The van der Waals surface area contributed by atoms with Crippen LogP contribution in [-0.4, -0.2) is 9.61 Å². The van der Waals surface area contributed by atoms with E-state index in [1.807, 2.05) is 0 Å². The molecule has 0 saturated heterocycles. The Kier molecular flexibility index (Phi) is 2.14. The van der Waals surface area contributed by atoms with Crippen LogP contribution in [0.4, 0.5) is 19.0 Å². The normalized spacial score (nSPS) is 12.3. The summed E-state index contributed by atoms with van der Waals surface area (Å²) in [6, 6.07) is 1.94. The zero-order valence-corrected chi connectivity index (χ0v) is 8.80. The van der Waals surface area contributed by atoms with E-state index >= 15 is 0 Å². The van der Waals surface area contributed by atoms with Crippen molar-refractivity contribution in [2.24, 2.45) is 0 Å². The summed E-state index contributed by atoms with van der Waals surface area (Å²) in [4.78, 5) is 0. The van der Waals surface area contributed by atoms with Crippen LogP contribution in [0.3, 0.4) is 0 Å². The van der Waals surface area contributed by atoms with Crippen LogP contribution in [0, 0.1) is 0 Å². The van der Waals surface area contributed by atoms with Crippen molar-refractivity contribution >= 4 is 27.3 Å². The maximum Gasteiger partial charge on any atom is 0.416 e. The maximum atomic E-state index is 12.4. The van der Waals surface area contributed by atoms with Crippen molar-refractivity contribution in [1.82, 2.24) is 9.61 Å². The molecule has 15 heavy (non-hydrogen) atoms. The van der Waals surface area contributed by atoms with Crippen molar-refractivity contribution < 1.29 is 13.2 Å². The predicted molar refractivity (Wildman–Crippen MR) is 52.3 cm³/mol. The molecule has 0 unspecified atom stereocenters. The van der Waals surface area contributed by atoms with Gasteiger partial charge in [-0.25, -0.2) is 4.52 Å². The number of nitrogens with zero attached hydrogens (tertiary/aromatic N) is 2. The molecule has 0 spiro atoms.